The molecule has 1 heterocycles. The Morgan fingerprint density at radius 3 is 2.63 bits per heavy atom. The van der Waals surface area contributed by atoms with Crippen LogP contribution in [0.1, 0.15) is 47.5 Å². The molecule has 0 aromatic heterocycles. The first-order valence-corrected chi connectivity index (χ1v) is 6.99. The Kier molecular flexibility index (Phi) is 5.41. The minimum atomic E-state index is -0.472. The van der Waals surface area contributed by atoms with Crippen molar-refractivity contribution >= 4 is 6.09 Å². The van der Waals surface area contributed by atoms with Gasteiger partial charge in [-0.25, -0.2) is 4.79 Å². The van der Waals surface area contributed by atoms with Gasteiger partial charge in [-0.15, -0.1) is 6.58 Å². The molecule has 0 spiro atoms. The fraction of sp³-hybridized carbons (Fsp3) is 0.800. The van der Waals surface area contributed by atoms with Gasteiger partial charge in [-0.05, 0) is 46.5 Å². The predicted molar refractivity (Wildman–Crippen MR) is 76.1 cm³/mol. The monoisotopic (exact) mass is 269 g/mol. The van der Waals surface area contributed by atoms with Crippen molar-refractivity contribution in [1.82, 2.24) is 5.32 Å². The highest BCUT2D eigenvalue weighted by atomic mass is 16.6. The number of alkyl carbamates (subject to hydrolysis) is 1. The molecule has 1 aliphatic rings. The first-order chi connectivity index (χ1) is 8.73. The number of nitrogens with one attached hydrogen (secondary N) is 1. The summed E-state index contributed by atoms with van der Waals surface area (Å²) in [7, 11) is 0. The zero-order valence-electron chi connectivity index (χ0n) is 12.7. The van der Waals surface area contributed by atoms with Gasteiger partial charge >= 0.3 is 6.09 Å². The van der Waals surface area contributed by atoms with E-state index in [-0.39, 0.29) is 24.3 Å². The zero-order valence-corrected chi connectivity index (χ0v) is 12.7. The van der Waals surface area contributed by atoms with Crippen molar-refractivity contribution in [3.63, 3.8) is 0 Å². The van der Waals surface area contributed by atoms with E-state index in [4.69, 9.17) is 9.47 Å². The van der Waals surface area contributed by atoms with Crippen molar-refractivity contribution in [1.29, 1.82) is 0 Å². The van der Waals surface area contributed by atoms with Gasteiger partial charge < -0.3 is 14.8 Å². The summed E-state index contributed by atoms with van der Waals surface area (Å²) in [5.74, 6) is 0.397. The molecule has 4 heteroatoms. The van der Waals surface area contributed by atoms with E-state index in [1.54, 1.807) is 0 Å². The number of carbonyl (C=O) groups excluding carboxylic acids is 1. The number of hydrogen-bond acceptors (Lipinski definition) is 3. The molecule has 1 aliphatic heterocycles. The minimum Gasteiger partial charge on any atom is -0.444 e. The van der Waals surface area contributed by atoms with Crippen LogP contribution < -0.4 is 5.32 Å². The maximum Gasteiger partial charge on any atom is 0.407 e. The molecule has 19 heavy (non-hydrogen) atoms. The van der Waals surface area contributed by atoms with Crippen LogP contribution in [0.25, 0.3) is 0 Å². The van der Waals surface area contributed by atoms with Crippen molar-refractivity contribution in [3.8, 4) is 0 Å². The second kappa shape index (κ2) is 6.42. The average molecular weight is 269 g/mol. The van der Waals surface area contributed by atoms with E-state index in [0.717, 1.165) is 12.8 Å². The quantitative estimate of drug-likeness (QED) is 0.800. The second-order valence-electron chi connectivity index (χ2n) is 6.37. The first-order valence-electron chi connectivity index (χ1n) is 6.99. The molecule has 0 saturated carbocycles. The highest BCUT2D eigenvalue weighted by molar-refractivity contribution is 5.68. The Balaban J connectivity index is 2.52. The molecule has 1 amide bonds. The third-order valence-electron chi connectivity index (χ3n) is 3.32. The summed E-state index contributed by atoms with van der Waals surface area (Å²) in [5.41, 5.74) is -0.472. The third-order valence-corrected chi connectivity index (χ3v) is 3.32. The summed E-state index contributed by atoms with van der Waals surface area (Å²) >= 11 is 0. The van der Waals surface area contributed by atoms with Crippen LogP contribution in [-0.2, 0) is 9.47 Å². The van der Waals surface area contributed by atoms with Crippen LogP contribution in [0.2, 0.25) is 0 Å². The Morgan fingerprint density at radius 2 is 2.11 bits per heavy atom. The largest absolute Gasteiger partial charge is 0.444 e. The molecule has 0 radical (unpaired) electrons. The maximum atomic E-state index is 11.8. The van der Waals surface area contributed by atoms with Gasteiger partial charge in [0.1, 0.15) is 5.60 Å². The highest BCUT2D eigenvalue weighted by Gasteiger charge is 2.34. The number of carbonyl (C=O) groups is 1. The number of hydrogen-bond donors (Lipinski definition) is 1. The summed E-state index contributed by atoms with van der Waals surface area (Å²) in [6.45, 7) is 13.5. The topological polar surface area (TPSA) is 47.6 Å². The Morgan fingerprint density at radius 1 is 1.47 bits per heavy atom. The normalized spacial score (nSPS) is 31.6. The van der Waals surface area contributed by atoms with Crippen LogP contribution in [-0.4, -0.2) is 29.9 Å². The molecular weight excluding hydrogens is 242 g/mol. The van der Waals surface area contributed by atoms with E-state index >= 15 is 0 Å². The van der Waals surface area contributed by atoms with E-state index in [1.165, 1.54) is 0 Å². The smallest absolute Gasteiger partial charge is 0.407 e. The van der Waals surface area contributed by atoms with Crippen molar-refractivity contribution in [2.75, 3.05) is 0 Å². The van der Waals surface area contributed by atoms with Crippen molar-refractivity contribution in [3.05, 3.63) is 12.7 Å². The summed E-state index contributed by atoms with van der Waals surface area (Å²) in [6.07, 6.45) is 3.46. The van der Waals surface area contributed by atoms with Gasteiger partial charge in [-0.1, -0.05) is 13.0 Å². The van der Waals surface area contributed by atoms with Gasteiger partial charge in [0.2, 0.25) is 0 Å². The Labute approximate surface area is 116 Å². The third kappa shape index (κ3) is 5.23. The Bertz CT molecular complexity index is 322. The average Bonchev–Trinajstić information content (AvgIpc) is 2.22. The lowest BCUT2D eigenvalue weighted by atomic mass is 9.88. The minimum absolute atomic E-state index is 0.00548. The molecule has 0 bridgehead atoms. The van der Waals surface area contributed by atoms with Gasteiger partial charge in [0, 0.05) is 0 Å². The van der Waals surface area contributed by atoms with E-state index in [2.05, 4.69) is 18.8 Å². The lowest BCUT2D eigenvalue weighted by Gasteiger charge is -2.39. The van der Waals surface area contributed by atoms with Crippen LogP contribution in [0, 0.1) is 5.92 Å². The molecule has 1 N–H and O–H groups in total. The predicted octanol–water partition coefficient (Wildman–Crippen LogP) is 3.27. The number of ether oxygens (including phenoxy) is 2. The highest BCUT2D eigenvalue weighted by Crippen LogP contribution is 2.27. The standard InChI is InChI=1S/C15H27NO3/c1-7-8-13-10(2)9-12(11(3)18-13)16-14(17)19-15(4,5)6/h7,10-13H,1,8-9H2,2-6H3,(H,16,17)/t10-,11+,12+,13?/m0/s1. The summed E-state index contributed by atoms with van der Waals surface area (Å²) in [4.78, 5) is 11.8. The Hall–Kier alpha value is -1.03. The molecule has 0 aromatic rings. The summed E-state index contributed by atoms with van der Waals surface area (Å²) < 4.78 is 11.2. The fourth-order valence-corrected chi connectivity index (χ4v) is 2.34. The van der Waals surface area contributed by atoms with Gasteiger partial charge in [0.05, 0.1) is 18.2 Å². The van der Waals surface area contributed by atoms with E-state index < -0.39 is 5.60 Å². The molecule has 1 unspecified atom stereocenters. The molecule has 1 saturated heterocycles. The van der Waals surface area contributed by atoms with Crippen LogP contribution in [0.15, 0.2) is 12.7 Å². The fourth-order valence-electron chi connectivity index (χ4n) is 2.34. The molecule has 4 nitrogen and oxygen atoms in total. The second-order valence-corrected chi connectivity index (χ2v) is 6.37. The van der Waals surface area contributed by atoms with E-state index in [0.29, 0.717) is 5.92 Å². The SMILES string of the molecule is C=CCC1O[C@H](C)[C@H](NC(=O)OC(C)(C)C)C[C@@H]1C. The summed E-state index contributed by atoms with van der Waals surface area (Å²) in [5, 5.41) is 2.91. The molecule has 0 aromatic carbocycles. The van der Waals surface area contributed by atoms with Crippen molar-refractivity contribution in [2.24, 2.45) is 5.92 Å². The summed E-state index contributed by atoms with van der Waals surface area (Å²) in [6, 6.07) is 0.00548. The molecule has 0 aliphatic carbocycles. The van der Waals surface area contributed by atoms with E-state index in [1.807, 2.05) is 33.8 Å². The van der Waals surface area contributed by atoms with Gasteiger partial charge in [-0.2, -0.15) is 0 Å². The number of amides is 1. The van der Waals surface area contributed by atoms with Crippen LogP contribution in [0.4, 0.5) is 4.79 Å². The van der Waals surface area contributed by atoms with Crippen LogP contribution in [0.5, 0.6) is 0 Å². The molecule has 4 atom stereocenters. The van der Waals surface area contributed by atoms with Crippen molar-refractivity contribution < 1.29 is 14.3 Å². The van der Waals surface area contributed by atoms with E-state index in [9.17, 15) is 4.79 Å². The molecule has 1 rings (SSSR count). The lowest BCUT2D eigenvalue weighted by Crippen LogP contribution is -2.51. The van der Waals surface area contributed by atoms with Gasteiger partial charge in [-0.3, -0.25) is 0 Å². The van der Waals surface area contributed by atoms with Crippen LogP contribution >= 0.6 is 0 Å². The zero-order chi connectivity index (χ0) is 14.6. The van der Waals surface area contributed by atoms with Gasteiger partial charge in [0.15, 0.2) is 0 Å². The van der Waals surface area contributed by atoms with Gasteiger partial charge in [0.25, 0.3) is 0 Å². The van der Waals surface area contributed by atoms with Crippen molar-refractivity contribution in [2.45, 2.75) is 71.3 Å². The number of rotatable bonds is 3. The maximum absolute atomic E-state index is 11.8. The van der Waals surface area contributed by atoms with Crippen LogP contribution in [0.3, 0.4) is 0 Å². The first kappa shape index (κ1) is 16.0. The molecular formula is C15H27NO3. The molecule has 1 fully saturated rings. The lowest BCUT2D eigenvalue weighted by molar-refractivity contribution is -0.0861. The molecule has 110 valence electrons.